The van der Waals surface area contributed by atoms with Crippen molar-refractivity contribution >= 4 is 33.2 Å². The first kappa shape index (κ1) is 29.8. The Morgan fingerprint density at radius 1 is 0.881 bits per heavy atom. The first-order valence-corrected chi connectivity index (χ1v) is 15.7. The minimum absolute atomic E-state index is 0.0796. The van der Waals surface area contributed by atoms with E-state index in [1.807, 2.05) is 19.1 Å². The van der Waals surface area contributed by atoms with E-state index in [-0.39, 0.29) is 17.3 Å². The standard InChI is InChI=1S/C33H34ClN3O4S/c1-25-10-15-30(34)21-32(25)37(42(39,40)31-8-3-2-4-9-31)24-26-11-13-29(14-12-26)33(38)35-22-27-6-5-7-28(20-27)23-36-16-18-41-19-17-36/h2-15,20-21H,16-19,22-24H2,1H3,(H,35,38). The molecule has 1 N–H and O–H groups in total. The normalized spacial score (nSPS) is 14.0. The molecule has 42 heavy (non-hydrogen) atoms. The maximum atomic E-state index is 13.7. The number of amides is 1. The predicted octanol–water partition coefficient (Wildman–Crippen LogP) is 5.81. The Hall–Kier alpha value is -3.69. The van der Waals surface area contributed by atoms with Crippen LogP contribution in [0.1, 0.15) is 32.6 Å². The second-order valence-electron chi connectivity index (χ2n) is 10.3. The minimum atomic E-state index is -3.88. The Morgan fingerprint density at radius 2 is 1.60 bits per heavy atom. The van der Waals surface area contributed by atoms with Crippen molar-refractivity contribution in [1.29, 1.82) is 0 Å². The number of hydrogen-bond donors (Lipinski definition) is 1. The molecule has 1 aliphatic rings. The van der Waals surface area contributed by atoms with Crippen molar-refractivity contribution in [2.45, 2.75) is 31.5 Å². The number of sulfonamides is 1. The van der Waals surface area contributed by atoms with E-state index < -0.39 is 10.0 Å². The molecule has 0 saturated carbocycles. The van der Waals surface area contributed by atoms with Gasteiger partial charge >= 0.3 is 0 Å². The van der Waals surface area contributed by atoms with Gasteiger partial charge in [-0.25, -0.2) is 8.42 Å². The zero-order valence-electron chi connectivity index (χ0n) is 23.5. The third kappa shape index (κ3) is 7.38. The number of halogens is 1. The number of morpholine rings is 1. The van der Waals surface area contributed by atoms with Gasteiger partial charge in [0, 0.05) is 36.8 Å². The van der Waals surface area contributed by atoms with Crippen LogP contribution in [0.5, 0.6) is 0 Å². The first-order valence-electron chi connectivity index (χ1n) is 13.9. The van der Waals surface area contributed by atoms with E-state index in [0.717, 1.165) is 49.5 Å². The molecule has 0 unspecified atom stereocenters. The largest absolute Gasteiger partial charge is 0.379 e. The summed E-state index contributed by atoms with van der Waals surface area (Å²) in [5, 5.41) is 3.44. The molecule has 1 heterocycles. The lowest BCUT2D eigenvalue weighted by Crippen LogP contribution is -2.35. The van der Waals surface area contributed by atoms with Crippen LogP contribution < -0.4 is 9.62 Å². The third-order valence-corrected chi connectivity index (χ3v) is 9.28. The number of rotatable bonds is 10. The molecule has 0 bridgehead atoms. The smallest absolute Gasteiger partial charge is 0.264 e. The maximum absolute atomic E-state index is 13.7. The molecule has 1 saturated heterocycles. The molecule has 0 atom stereocenters. The molecule has 9 heteroatoms. The zero-order chi connectivity index (χ0) is 29.5. The van der Waals surface area contributed by atoms with Gasteiger partial charge in [0.2, 0.25) is 0 Å². The monoisotopic (exact) mass is 603 g/mol. The first-order chi connectivity index (χ1) is 20.3. The minimum Gasteiger partial charge on any atom is -0.379 e. The summed E-state index contributed by atoms with van der Waals surface area (Å²) in [4.78, 5) is 15.5. The third-order valence-electron chi connectivity index (χ3n) is 7.27. The van der Waals surface area contributed by atoms with Gasteiger partial charge in [-0.3, -0.25) is 14.0 Å². The highest BCUT2D eigenvalue weighted by atomic mass is 35.5. The van der Waals surface area contributed by atoms with Crippen LogP contribution in [0.2, 0.25) is 5.02 Å². The van der Waals surface area contributed by atoms with Crippen molar-refractivity contribution in [3.63, 3.8) is 0 Å². The molecule has 1 amide bonds. The van der Waals surface area contributed by atoms with E-state index in [9.17, 15) is 13.2 Å². The molecule has 7 nitrogen and oxygen atoms in total. The lowest BCUT2D eigenvalue weighted by atomic mass is 10.1. The average molecular weight is 604 g/mol. The maximum Gasteiger partial charge on any atom is 0.264 e. The molecule has 0 aromatic heterocycles. The van der Waals surface area contributed by atoms with Crippen LogP contribution >= 0.6 is 11.6 Å². The SMILES string of the molecule is Cc1ccc(Cl)cc1N(Cc1ccc(C(=O)NCc2cccc(CN3CCOCC3)c2)cc1)S(=O)(=O)c1ccccc1. The fourth-order valence-electron chi connectivity index (χ4n) is 4.94. The molecule has 5 rings (SSSR count). The number of aryl methyl sites for hydroxylation is 1. The summed E-state index contributed by atoms with van der Waals surface area (Å²) in [6.45, 7) is 6.57. The number of ether oxygens (including phenoxy) is 1. The highest BCUT2D eigenvalue weighted by molar-refractivity contribution is 7.92. The average Bonchev–Trinajstić information content (AvgIpc) is 3.01. The van der Waals surface area contributed by atoms with Crippen molar-refractivity contribution < 1.29 is 17.9 Å². The summed E-state index contributed by atoms with van der Waals surface area (Å²) < 4.78 is 34.3. The fraction of sp³-hybridized carbons (Fsp3) is 0.242. The van der Waals surface area contributed by atoms with Crippen LogP contribution in [0, 0.1) is 6.92 Å². The van der Waals surface area contributed by atoms with Gasteiger partial charge in [0.25, 0.3) is 15.9 Å². The highest BCUT2D eigenvalue weighted by Crippen LogP contribution is 2.31. The lowest BCUT2D eigenvalue weighted by molar-refractivity contribution is 0.0342. The van der Waals surface area contributed by atoms with E-state index in [2.05, 4.69) is 22.3 Å². The van der Waals surface area contributed by atoms with Crippen LogP contribution in [0.25, 0.3) is 0 Å². The van der Waals surface area contributed by atoms with Crippen LogP contribution in [-0.2, 0) is 34.4 Å². The molecule has 0 aliphatic carbocycles. The van der Waals surface area contributed by atoms with Crippen molar-refractivity contribution in [2.24, 2.45) is 0 Å². The molecule has 1 aliphatic heterocycles. The van der Waals surface area contributed by atoms with Gasteiger partial charge in [0.15, 0.2) is 0 Å². The van der Waals surface area contributed by atoms with Crippen molar-refractivity contribution in [2.75, 3.05) is 30.6 Å². The van der Waals surface area contributed by atoms with Gasteiger partial charge in [-0.05, 0) is 65.6 Å². The van der Waals surface area contributed by atoms with Crippen LogP contribution in [0.15, 0.2) is 102 Å². The molecule has 218 valence electrons. The van der Waals surface area contributed by atoms with E-state index in [4.69, 9.17) is 16.3 Å². The number of nitrogens with one attached hydrogen (secondary N) is 1. The van der Waals surface area contributed by atoms with Gasteiger partial charge in [-0.2, -0.15) is 0 Å². The quantitative estimate of drug-likeness (QED) is 0.248. The Balaban J connectivity index is 1.28. The van der Waals surface area contributed by atoms with Crippen molar-refractivity contribution in [1.82, 2.24) is 10.2 Å². The van der Waals surface area contributed by atoms with Gasteiger partial charge in [-0.15, -0.1) is 0 Å². The topological polar surface area (TPSA) is 79.0 Å². The van der Waals surface area contributed by atoms with Crippen LogP contribution in [0.3, 0.4) is 0 Å². The van der Waals surface area contributed by atoms with E-state index in [1.54, 1.807) is 72.8 Å². The van der Waals surface area contributed by atoms with Gasteiger partial charge in [0.05, 0.1) is 30.3 Å². The summed E-state index contributed by atoms with van der Waals surface area (Å²) in [5.41, 5.74) is 4.76. The molecular formula is C33H34ClN3O4S. The second kappa shape index (κ2) is 13.5. The molecule has 4 aromatic rings. The van der Waals surface area contributed by atoms with E-state index in [1.165, 1.54) is 9.87 Å². The fourth-order valence-corrected chi connectivity index (χ4v) is 6.63. The summed E-state index contributed by atoms with van der Waals surface area (Å²) in [5.74, 6) is -0.195. The Morgan fingerprint density at radius 3 is 2.33 bits per heavy atom. The summed E-state index contributed by atoms with van der Waals surface area (Å²) >= 11 is 6.27. The number of benzene rings is 4. The summed E-state index contributed by atoms with van der Waals surface area (Å²) in [6.07, 6.45) is 0. The number of carbonyl (C=O) groups excluding carboxylic acids is 1. The van der Waals surface area contributed by atoms with Gasteiger partial charge in [-0.1, -0.05) is 72.3 Å². The Kier molecular flexibility index (Phi) is 9.59. The highest BCUT2D eigenvalue weighted by Gasteiger charge is 2.26. The van der Waals surface area contributed by atoms with Gasteiger partial charge in [0.1, 0.15) is 0 Å². The number of anilines is 1. The van der Waals surface area contributed by atoms with Crippen LogP contribution in [-0.4, -0.2) is 45.5 Å². The Labute approximate surface area is 252 Å². The molecule has 4 aromatic carbocycles. The number of hydrogen-bond acceptors (Lipinski definition) is 5. The second-order valence-corrected chi connectivity index (χ2v) is 12.6. The number of nitrogens with zero attached hydrogens (tertiary/aromatic N) is 2. The molecule has 1 fully saturated rings. The predicted molar refractivity (Wildman–Crippen MR) is 166 cm³/mol. The lowest BCUT2D eigenvalue weighted by Gasteiger charge is -2.26. The van der Waals surface area contributed by atoms with Crippen molar-refractivity contribution in [3.05, 3.63) is 130 Å². The van der Waals surface area contributed by atoms with Crippen LogP contribution in [0.4, 0.5) is 5.69 Å². The summed E-state index contributed by atoms with van der Waals surface area (Å²) in [6, 6.07) is 28.8. The van der Waals surface area contributed by atoms with E-state index >= 15 is 0 Å². The zero-order valence-corrected chi connectivity index (χ0v) is 25.1. The molecule has 0 radical (unpaired) electrons. The molecule has 0 spiro atoms. The number of carbonyl (C=O) groups is 1. The summed E-state index contributed by atoms with van der Waals surface area (Å²) in [7, 11) is -3.88. The van der Waals surface area contributed by atoms with Gasteiger partial charge < -0.3 is 10.1 Å². The van der Waals surface area contributed by atoms with Crippen molar-refractivity contribution in [3.8, 4) is 0 Å². The van der Waals surface area contributed by atoms with E-state index in [0.29, 0.717) is 22.8 Å². The Bertz CT molecular complexity index is 1620. The molecular weight excluding hydrogens is 570 g/mol.